The van der Waals surface area contributed by atoms with Gasteiger partial charge in [-0.2, -0.15) is 15.0 Å². The number of rotatable bonds is 7. The second kappa shape index (κ2) is 7.94. The summed E-state index contributed by atoms with van der Waals surface area (Å²) in [6.07, 6.45) is 0. The first kappa shape index (κ1) is 17.2. The van der Waals surface area contributed by atoms with Gasteiger partial charge >= 0.3 is 0 Å². The molecule has 0 atom stereocenters. The molecule has 2 aromatic heterocycles. The van der Waals surface area contributed by atoms with Gasteiger partial charge in [0.1, 0.15) is 11.6 Å². The molecule has 0 amide bonds. The van der Waals surface area contributed by atoms with E-state index in [-0.39, 0.29) is 11.9 Å². The maximum Gasteiger partial charge on any atom is 0.225 e. The van der Waals surface area contributed by atoms with Crippen LogP contribution in [0.5, 0.6) is 5.75 Å². The molecule has 9 nitrogen and oxygen atoms in total. The van der Waals surface area contributed by atoms with Crippen molar-refractivity contribution in [2.75, 3.05) is 23.9 Å². The van der Waals surface area contributed by atoms with Gasteiger partial charge in [0.25, 0.3) is 0 Å². The van der Waals surface area contributed by atoms with Crippen LogP contribution in [0.3, 0.4) is 0 Å². The third-order valence-electron chi connectivity index (χ3n) is 3.05. The van der Waals surface area contributed by atoms with E-state index in [1.54, 1.807) is 7.11 Å². The third kappa shape index (κ3) is 4.90. The van der Waals surface area contributed by atoms with E-state index < -0.39 is 0 Å². The number of nitrogens with one attached hydrogen (secondary N) is 1. The van der Waals surface area contributed by atoms with Crippen molar-refractivity contribution in [2.24, 2.45) is 0 Å². The fourth-order valence-corrected chi connectivity index (χ4v) is 3.51. The zero-order valence-corrected chi connectivity index (χ0v) is 15.0. The van der Waals surface area contributed by atoms with Gasteiger partial charge in [-0.15, -0.1) is 10.2 Å². The lowest BCUT2D eigenvalue weighted by Gasteiger charge is -2.03. The maximum absolute atomic E-state index is 5.55. The summed E-state index contributed by atoms with van der Waals surface area (Å²) in [5.41, 5.74) is 12.2. The van der Waals surface area contributed by atoms with Gasteiger partial charge in [0.05, 0.1) is 12.9 Å². The van der Waals surface area contributed by atoms with Crippen LogP contribution in [-0.4, -0.2) is 32.3 Å². The Balaban J connectivity index is 1.53. The Morgan fingerprint density at radius 3 is 2.48 bits per heavy atom. The Morgan fingerprint density at radius 1 is 1.08 bits per heavy atom. The number of benzene rings is 1. The molecule has 3 aromatic rings. The standard InChI is InChI=1S/C14H16N8OS2/c1-23-9-4-2-8(3-5-9)6-17-13-21-22-14(25-13)24-7-10-18-11(15)20-12(16)19-10/h2-5H,6-7H2,1H3,(H,17,21)(H4,15,16,18,19,20). The number of anilines is 3. The molecule has 11 heteroatoms. The molecule has 25 heavy (non-hydrogen) atoms. The van der Waals surface area contributed by atoms with Crippen molar-refractivity contribution >= 4 is 40.1 Å². The van der Waals surface area contributed by atoms with Crippen LogP contribution in [0.4, 0.5) is 17.0 Å². The van der Waals surface area contributed by atoms with Crippen LogP contribution in [-0.2, 0) is 12.3 Å². The highest BCUT2D eigenvalue weighted by molar-refractivity contribution is 8.00. The van der Waals surface area contributed by atoms with Crippen LogP contribution < -0.4 is 21.5 Å². The predicted molar refractivity (Wildman–Crippen MR) is 98.4 cm³/mol. The molecule has 1 aromatic carbocycles. The van der Waals surface area contributed by atoms with Gasteiger partial charge in [-0.3, -0.25) is 0 Å². The minimum Gasteiger partial charge on any atom is -0.497 e. The number of nitrogen functional groups attached to an aromatic ring is 2. The number of thioether (sulfide) groups is 1. The van der Waals surface area contributed by atoms with Crippen LogP contribution >= 0.6 is 23.1 Å². The summed E-state index contributed by atoms with van der Waals surface area (Å²) in [7, 11) is 1.65. The van der Waals surface area contributed by atoms with Crippen molar-refractivity contribution in [3.63, 3.8) is 0 Å². The van der Waals surface area contributed by atoms with Crippen LogP contribution in [0.25, 0.3) is 0 Å². The van der Waals surface area contributed by atoms with Gasteiger partial charge < -0.3 is 21.5 Å². The second-order valence-electron chi connectivity index (χ2n) is 4.83. The second-order valence-corrected chi connectivity index (χ2v) is 7.03. The molecule has 3 rings (SSSR count). The topological polar surface area (TPSA) is 138 Å². The molecule has 0 aliphatic rings. The Kier molecular flexibility index (Phi) is 5.46. The molecule has 5 N–H and O–H groups in total. The molecular weight excluding hydrogens is 360 g/mol. The minimum atomic E-state index is 0.113. The molecule has 0 spiro atoms. The number of methoxy groups -OCH3 is 1. The van der Waals surface area contributed by atoms with Crippen molar-refractivity contribution in [2.45, 2.75) is 16.6 Å². The number of ether oxygens (including phenoxy) is 1. The molecule has 2 heterocycles. The zero-order chi connectivity index (χ0) is 17.6. The Hall–Kier alpha value is -2.66. The normalized spacial score (nSPS) is 10.6. The molecule has 0 fully saturated rings. The number of nitrogens with zero attached hydrogens (tertiary/aromatic N) is 5. The maximum atomic E-state index is 5.55. The van der Waals surface area contributed by atoms with Crippen LogP contribution in [0, 0.1) is 0 Å². The van der Waals surface area contributed by atoms with Crippen LogP contribution in [0.2, 0.25) is 0 Å². The number of hydrogen-bond donors (Lipinski definition) is 3. The SMILES string of the molecule is COc1ccc(CNc2nnc(SCc3nc(N)nc(N)n3)s2)cc1. The largest absolute Gasteiger partial charge is 0.497 e. The van der Waals surface area contributed by atoms with Crippen molar-refractivity contribution in [3.8, 4) is 5.75 Å². The van der Waals surface area contributed by atoms with Gasteiger partial charge in [0.2, 0.25) is 17.0 Å². The smallest absolute Gasteiger partial charge is 0.225 e. The highest BCUT2D eigenvalue weighted by atomic mass is 32.2. The molecule has 0 saturated heterocycles. The minimum absolute atomic E-state index is 0.113. The average Bonchev–Trinajstić information content (AvgIpc) is 3.06. The lowest BCUT2D eigenvalue weighted by atomic mass is 10.2. The molecule has 0 radical (unpaired) electrons. The van der Waals surface area contributed by atoms with Gasteiger partial charge in [-0.25, -0.2) is 0 Å². The third-order valence-corrected chi connectivity index (χ3v) is 5.06. The molecule has 0 unspecified atom stereocenters. The first-order chi connectivity index (χ1) is 12.1. The van der Waals surface area contributed by atoms with Gasteiger partial charge in [-0.05, 0) is 17.7 Å². The van der Waals surface area contributed by atoms with Crippen LogP contribution in [0.1, 0.15) is 11.4 Å². The summed E-state index contributed by atoms with van der Waals surface area (Å²) >= 11 is 2.92. The first-order valence-corrected chi connectivity index (χ1v) is 9.01. The van der Waals surface area contributed by atoms with Gasteiger partial charge in [0.15, 0.2) is 4.34 Å². The average molecular weight is 376 g/mol. The molecule has 0 saturated carbocycles. The highest BCUT2D eigenvalue weighted by Gasteiger charge is 2.08. The van der Waals surface area contributed by atoms with Crippen LogP contribution in [0.15, 0.2) is 28.6 Å². The fraction of sp³-hybridized carbons (Fsp3) is 0.214. The van der Waals surface area contributed by atoms with Crippen molar-refractivity contribution in [3.05, 3.63) is 35.7 Å². The molecule has 0 bridgehead atoms. The number of nitrogens with two attached hydrogens (primary N) is 2. The fourth-order valence-electron chi connectivity index (χ4n) is 1.91. The number of aromatic nitrogens is 5. The van der Waals surface area contributed by atoms with E-state index >= 15 is 0 Å². The summed E-state index contributed by atoms with van der Waals surface area (Å²) in [4.78, 5) is 11.8. The molecule has 0 aliphatic carbocycles. The van der Waals surface area contributed by atoms with E-state index in [1.807, 2.05) is 24.3 Å². The van der Waals surface area contributed by atoms with E-state index in [1.165, 1.54) is 23.1 Å². The van der Waals surface area contributed by atoms with Gasteiger partial charge in [-0.1, -0.05) is 35.2 Å². The van der Waals surface area contributed by atoms with E-state index in [2.05, 4.69) is 30.5 Å². The predicted octanol–water partition coefficient (Wildman–Crippen LogP) is 1.80. The summed E-state index contributed by atoms with van der Waals surface area (Å²) in [5.74, 6) is 2.06. The van der Waals surface area contributed by atoms with Crippen molar-refractivity contribution in [1.29, 1.82) is 0 Å². The monoisotopic (exact) mass is 376 g/mol. The van der Waals surface area contributed by atoms with E-state index in [9.17, 15) is 0 Å². The number of hydrogen-bond acceptors (Lipinski definition) is 11. The quantitative estimate of drug-likeness (QED) is 0.523. The van der Waals surface area contributed by atoms with E-state index in [0.717, 1.165) is 20.8 Å². The van der Waals surface area contributed by atoms with Gasteiger partial charge in [0, 0.05) is 6.54 Å². The Morgan fingerprint density at radius 2 is 1.80 bits per heavy atom. The summed E-state index contributed by atoms with van der Waals surface area (Å²) in [6.45, 7) is 0.657. The first-order valence-electron chi connectivity index (χ1n) is 7.21. The van der Waals surface area contributed by atoms with E-state index in [0.29, 0.717) is 18.1 Å². The molecule has 0 aliphatic heterocycles. The highest BCUT2D eigenvalue weighted by Crippen LogP contribution is 2.28. The molecular formula is C14H16N8OS2. The summed E-state index contributed by atoms with van der Waals surface area (Å²) < 4.78 is 5.94. The Bertz CT molecular complexity index is 819. The van der Waals surface area contributed by atoms with Crippen molar-refractivity contribution in [1.82, 2.24) is 25.1 Å². The molecule has 130 valence electrons. The summed E-state index contributed by atoms with van der Waals surface area (Å²) in [5, 5.41) is 12.2. The lowest BCUT2D eigenvalue weighted by Crippen LogP contribution is -2.05. The van der Waals surface area contributed by atoms with Crippen molar-refractivity contribution < 1.29 is 4.74 Å². The van der Waals surface area contributed by atoms with E-state index in [4.69, 9.17) is 16.2 Å². The zero-order valence-electron chi connectivity index (χ0n) is 13.3. The summed E-state index contributed by atoms with van der Waals surface area (Å²) in [6, 6.07) is 7.84. The lowest BCUT2D eigenvalue weighted by molar-refractivity contribution is 0.414. The Labute approximate surface area is 152 Å².